The number of nitrogens with zero attached hydrogens (tertiary/aromatic N) is 1. The van der Waals surface area contributed by atoms with Gasteiger partial charge in [0.05, 0.1) is 13.0 Å². The topological polar surface area (TPSA) is 95.0 Å². The van der Waals surface area contributed by atoms with E-state index in [1.54, 1.807) is 6.92 Å². The van der Waals surface area contributed by atoms with Crippen LogP contribution < -0.4 is 9.47 Å². The Hall–Kier alpha value is -3.23. The molecule has 7 nitrogen and oxygen atoms in total. The molecule has 1 heterocycles. The van der Waals surface area contributed by atoms with Crippen molar-refractivity contribution >= 4 is 11.8 Å². The average molecular weight is 480 g/mol. The number of carbonyl (C=O) groups excluding carboxylic acids is 2. The summed E-state index contributed by atoms with van der Waals surface area (Å²) in [5.41, 5.74) is -0.202. The molecule has 0 fully saturated rings. The fourth-order valence-electron chi connectivity index (χ4n) is 3.67. The molecule has 0 amide bonds. The number of methoxy groups -OCH3 is 1. The third-order valence-electron chi connectivity index (χ3n) is 5.70. The molecule has 2 aromatic rings. The zero-order valence-electron chi connectivity index (χ0n) is 20.0. The number of halogens is 2. The van der Waals surface area contributed by atoms with Crippen LogP contribution in [0.5, 0.6) is 17.2 Å². The summed E-state index contributed by atoms with van der Waals surface area (Å²) in [4.78, 5) is 29.2. The highest BCUT2D eigenvalue weighted by molar-refractivity contribution is 5.99. The predicted molar refractivity (Wildman–Crippen MR) is 121 cm³/mol. The molecule has 186 valence electrons. The molecule has 34 heavy (non-hydrogen) atoms. The van der Waals surface area contributed by atoms with Crippen LogP contribution in [-0.2, 0) is 9.53 Å². The highest BCUT2D eigenvalue weighted by atomic mass is 19.1. The molecule has 0 saturated heterocycles. The lowest BCUT2D eigenvalue weighted by Gasteiger charge is -2.31. The summed E-state index contributed by atoms with van der Waals surface area (Å²) < 4.78 is 44.1. The van der Waals surface area contributed by atoms with Gasteiger partial charge >= 0.3 is 5.97 Å². The summed E-state index contributed by atoms with van der Waals surface area (Å²) in [7, 11) is 1.35. The predicted octanol–water partition coefficient (Wildman–Crippen LogP) is 5.10. The molecule has 0 aliphatic rings. The van der Waals surface area contributed by atoms with Crippen LogP contribution in [0.15, 0.2) is 30.5 Å². The molecule has 1 aromatic carbocycles. The second kappa shape index (κ2) is 12.3. The van der Waals surface area contributed by atoms with E-state index in [1.165, 1.54) is 26.3 Å². The molecular weight excluding hydrogens is 448 g/mol. The Balaban J connectivity index is 2.13. The van der Waals surface area contributed by atoms with Gasteiger partial charge in [-0.2, -0.15) is 0 Å². The smallest absolute Gasteiger partial charge is 0.309 e. The van der Waals surface area contributed by atoms with Crippen LogP contribution in [0.3, 0.4) is 0 Å². The fraction of sp³-hybridized carbons (Fsp3) is 0.480. The minimum atomic E-state index is -0.851. The Morgan fingerprint density at radius 1 is 1.09 bits per heavy atom. The second-order valence-electron chi connectivity index (χ2n) is 8.11. The van der Waals surface area contributed by atoms with Crippen LogP contribution in [-0.4, -0.2) is 41.2 Å². The summed E-state index contributed by atoms with van der Waals surface area (Å²) in [6.07, 6.45) is 0.848. The number of hydrogen-bond acceptors (Lipinski definition) is 7. The molecule has 9 heteroatoms. The van der Waals surface area contributed by atoms with Crippen LogP contribution in [0.4, 0.5) is 8.78 Å². The normalized spacial score (nSPS) is 13.8. The Morgan fingerprint density at radius 2 is 1.76 bits per heavy atom. The summed E-state index contributed by atoms with van der Waals surface area (Å²) in [6, 6.07) is 4.32. The van der Waals surface area contributed by atoms with E-state index in [-0.39, 0.29) is 29.5 Å². The van der Waals surface area contributed by atoms with Gasteiger partial charge in [-0.3, -0.25) is 9.59 Å². The lowest BCUT2D eigenvalue weighted by atomic mass is 9.92. The molecule has 2 rings (SSSR count). The van der Waals surface area contributed by atoms with Crippen LogP contribution in [0.1, 0.15) is 57.4 Å². The van der Waals surface area contributed by atoms with Crippen molar-refractivity contribution in [1.29, 1.82) is 0 Å². The van der Waals surface area contributed by atoms with Crippen LogP contribution in [0.25, 0.3) is 0 Å². The Labute approximate surface area is 198 Å². The SMILES string of the molecule is CCC(CC)[C@H](Oc1cc(F)ccc1F)[C@H](C)OC(=O)[C@H](C)CC(=O)c1nccc(OC)c1O. The zero-order valence-corrected chi connectivity index (χ0v) is 20.0. The number of pyridine rings is 1. The lowest BCUT2D eigenvalue weighted by molar-refractivity contribution is -0.159. The van der Waals surface area contributed by atoms with Gasteiger partial charge < -0.3 is 19.3 Å². The first-order valence-electron chi connectivity index (χ1n) is 11.2. The van der Waals surface area contributed by atoms with Crippen molar-refractivity contribution in [3.05, 3.63) is 47.8 Å². The van der Waals surface area contributed by atoms with Crippen molar-refractivity contribution in [3.8, 4) is 17.2 Å². The molecular formula is C25H31F2NO6. The van der Waals surface area contributed by atoms with E-state index < -0.39 is 47.3 Å². The van der Waals surface area contributed by atoms with Crippen molar-refractivity contribution in [2.45, 2.75) is 59.2 Å². The molecule has 0 spiro atoms. The van der Waals surface area contributed by atoms with E-state index in [4.69, 9.17) is 14.2 Å². The molecule has 1 aromatic heterocycles. The van der Waals surface area contributed by atoms with E-state index >= 15 is 0 Å². The van der Waals surface area contributed by atoms with Crippen LogP contribution in [0.2, 0.25) is 0 Å². The summed E-state index contributed by atoms with van der Waals surface area (Å²) in [5.74, 6) is -4.10. The van der Waals surface area contributed by atoms with Gasteiger partial charge in [-0.05, 0) is 37.8 Å². The van der Waals surface area contributed by atoms with Gasteiger partial charge in [0.15, 0.2) is 34.5 Å². The fourth-order valence-corrected chi connectivity index (χ4v) is 3.67. The monoisotopic (exact) mass is 479 g/mol. The number of ether oxygens (including phenoxy) is 3. The number of aromatic nitrogens is 1. The maximum Gasteiger partial charge on any atom is 0.309 e. The number of ketones is 1. The minimum Gasteiger partial charge on any atom is -0.503 e. The van der Waals surface area contributed by atoms with Gasteiger partial charge in [-0.25, -0.2) is 13.8 Å². The number of Topliss-reactive ketones (excluding diaryl/α,β-unsaturated/α-hetero) is 1. The number of carbonyl (C=O) groups is 2. The van der Waals surface area contributed by atoms with E-state index in [0.717, 1.165) is 18.2 Å². The third kappa shape index (κ3) is 6.65. The van der Waals surface area contributed by atoms with Gasteiger partial charge in [0.1, 0.15) is 18.0 Å². The van der Waals surface area contributed by atoms with Gasteiger partial charge in [0, 0.05) is 24.8 Å². The lowest BCUT2D eigenvalue weighted by Crippen LogP contribution is -2.40. The van der Waals surface area contributed by atoms with E-state index in [2.05, 4.69) is 4.98 Å². The summed E-state index contributed by atoms with van der Waals surface area (Å²) in [5, 5.41) is 10.1. The third-order valence-corrected chi connectivity index (χ3v) is 5.70. The minimum absolute atomic E-state index is 0.0944. The van der Waals surface area contributed by atoms with Crippen molar-refractivity contribution in [2.24, 2.45) is 11.8 Å². The van der Waals surface area contributed by atoms with Crippen molar-refractivity contribution in [2.75, 3.05) is 7.11 Å². The zero-order chi connectivity index (χ0) is 25.4. The molecule has 3 atom stereocenters. The Kier molecular flexibility index (Phi) is 9.77. The molecule has 1 N–H and O–H groups in total. The van der Waals surface area contributed by atoms with Crippen LogP contribution >= 0.6 is 0 Å². The standard InChI is InChI=1S/C25H31F2NO6/c1-6-16(7-2)24(34-21-13-17(26)8-9-18(21)27)15(4)33-25(31)14(3)12-19(29)22-23(30)20(32-5)10-11-28-22/h8-11,13-16,24,30H,6-7,12H2,1-5H3/t14-,15+,24-/m1/s1. The number of esters is 1. The van der Waals surface area contributed by atoms with Crippen LogP contribution in [0, 0.1) is 23.5 Å². The highest BCUT2D eigenvalue weighted by Gasteiger charge is 2.32. The van der Waals surface area contributed by atoms with E-state index in [0.29, 0.717) is 12.8 Å². The second-order valence-corrected chi connectivity index (χ2v) is 8.11. The van der Waals surface area contributed by atoms with Gasteiger partial charge in [0.25, 0.3) is 0 Å². The largest absolute Gasteiger partial charge is 0.503 e. The molecule has 0 radical (unpaired) electrons. The van der Waals surface area contributed by atoms with Crippen molar-refractivity contribution in [1.82, 2.24) is 4.98 Å². The summed E-state index contributed by atoms with van der Waals surface area (Å²) >= 11 is 0. The Bertz CT molecular complexity index is 995. The molecule has 0 aliphatic heterocycles. The summed E-state index contributed by atoms with van der Waals surface area (Å²) in [6.45, 7) is 6.98. The molecule has 0 unspecified atom stereocenters. The Morgan fingerprint density at radius 3 is 2.38 bits per heavy atom. The first kappa shape index (κ1) is 27.0. The van der Waals surface area contributed by atoms with Gasteiger partial charge in [-0.1, -0.05) is 20.8 Å². The molecule has 0 aliphatic carbocycles. The van der Waals surface area contributed by atoms with Crippen molar-refractivity contribution in [3.63, 3.8) is 0 Å². The number of rotatable bonds is 12. The van der Waals surface area contributed by atoms with E-state index in [9.17, 15) is 23.5 Å². The molecule has 0 saturated carbocycles. The molecule has 0 bridgehead atoms. The van der Waals surface area contributed by atoms with Crippen molar-refractivity contribution < 1.29 is 37.7 Å². The van der Waals surface area contributed by atoms with E-state index in [1.807, 2.05) is 13.8 Å². The van der Waals surface area contributed by atoms with Gasteiger partial charge in [-0.15, -0.1) is 0 Å². The quantitative estimate of drug-likeness (QED) is 0.334. The number of aromatic hydroxyl groups is 1. The maximum absolute atomic E-state index is 14.2. The average Bonchev–Trinajstić information content (AvgIpc) is 2.81. The number of hydrogen-bond donors (Lipinski definition) is 1. The number of benzene rings is 1. The van der Waals surface area contributed by atoms with Gasteiger partial charge in [0.2, 0.25) is 0 Å². The first-order chi connectivity index (χ1) is 16.1. The highest BCUT2D eigenvalue weighted by Crippen LogP contribution is 2.30. The maximum atomic E-state index is 14.2. The first-order valence-corrected chi connectivity index (χ1v) is 11.2.